The van der Waals surface area contributed by atoms with Crippen molar-refractivity contribution in [2.75, 3.05) is 6.54 Å². The molecular formula is C7H13N3. The quantitative estimate of drug-likeness (QED) is 0.632. The molecule has 0 fully saturated rings. The molecule has 3 heteroatoms. The fourth-order valence-electron chi connectivity index (χ4n) is 0.986. The number of azo groups is 1. The van der Waals surface area contributed by atoms with Gasteiger partial charge in [-0.1, -0.05) is 0 Å². The molecule has 0 aromatic heterocycles. The van der Waals surface area contributed by atoms with E-state index in [1.54, 1.807) is 6.20 Å². The highest BCUT2D eigenvalue weighted by Gasteiger charge is 2.21. The van der Waals surface area contributed by atoms with Crippen molar-refractivity contribution < 1.29 is 0 Å². The maximum absolute atomic E-state index is 5.37. The molecule has 0 saturated carbocycles. The summed E-state index contributed by atoms with van der Waals surface area (Å²) >= 11 is 0. The largest absolute Gasteiger partial charge is 0.330 e. The van der Waals surface area contributed by atoms with Crippen LogP contribution in [-0.4, -0.2) is 12.1 Å². The van der Waals surface area contributed by atoms with Gasteiger partial charge in [-0.2, -0.15) is 10.2 Å². The molecule has 10 heavy (non-hydrogen) atoms. The van der Waals surface area contributed by atoms with E-state index in [9.17, 15) is 0 Å². The second kappa shape index (κ2) is 2.92. The number of hydrogen-bond acceptors (Lipinski definition) is 3. The lowest BCUT2D eigenvalue weighted by atomic mass is 9.98. The molecule has 0 amide bonds. The molecule has 1 atom stereocenters. The van der Waals surface area contributed by atoms with Gasteiger partial charge in [0.25, 0.3) is 0 Å². The molecule has 0 aromatic rings. The van der Waals surface area contributed by atoms with Gasteiger partial charge in [-0.3, -0.25) is 0 Å². The molecule has 56 valence electrons. The van der Waals surface area contributed by atoms with Gasteiger partial charge in [0.05, 0.1) is 5.54 Å². The minimum atomic E-state index is -0.0562. The van der Waals surface area contributed by atoms with Crippen LogP contribution in [0.3, 0.4) is 0 Å². The van der Waals surface area contributed by atoms with Crippen molar-refractivity contribution in [1.82, 2.24) is 0 Å². The zero-order chi connectivity index (χ0) is 7.45. The van der Waals surface area contributed by atoms with Gasteiger partial charge in [0.2, 0.25) is 0 Å². The van der Waals surface area contributed by atoms with Gasteiger partial charge in [-0.25, -0.2) is 0 Å². The molecule has 0 radical (unpaired) electrons. The SMILES string of the molecule is CC1(CCCN)C=CN=N1. The maximum atomic E-state index is 5.37. The van der Waals surface area contributed by atoms with Crippen molar-refractivity contribution in [3.8, 4) is 0 Å². The third kappa shape index (κ3) is 1.64. The number of nitrogens with zero attached hydrogens (tertiary/aromatic N) is 2. The summed E-state index contributed by atoms with van der Waals surface area (Å²) in [6.07, 6.45) is 5.78. The van der Waals surface area contributed by atoms with E-state index >= 15 is 0 Å². The first-order chi connectivity index (χ1) is 4.77. The predicted octanol–water partition coefficient (Wildman–Crippen LogP) is 1.46. The van der Waals surface area contributed by atoms with Crippen molar-refractivity contribution in [3.63, 3.8) is 0 Å². The second-order valence-electron chi connectivity index (χ2n) is 2.78. The second-order valence-corrected chi connectivity index (χ2v) is 2.78. The average molecular weight is 139 g/mol. The van der Waals surface area contributed by atoms with Gasteiger partial charge in [-0.05, 0) is 32.4 Å². The van der Waals surface area contributed by atoms with Crippen LogP contribution in [0.15, 0.2) is 22.5 Å². The minimum absolute atomic E-state index is 0.0562. The maximum Gasteiger partial charge on any atom is 0.0990 e. The monoisotopic (exact) mass is 139 g/mol. The molecule has 1 aliphatic rings. The van der Waals surface area contributed by atoms with Crippen molar-refractivity contribution >= 4 is 0 Å². The highest BCUT2D eigenvalue weighted by molar-refractivity contribution is 5.06. The Hall–Kier alpha value is -0.700. The Morgan fingerprint density at radius 3 is 2.90 bits per heavy atom. The highest BCUT2D eigenvalue weighted by Crippen LogP contribution is 2.23. The summed E-state index contributed by atoms with van der Waals surface area (Å²) in [6.45, 7) is 2.80. The third-order valence-electron chi connectivity index (χ3n) is 1.67. The molecule has 0 bridgehead atoms. The topological polar surface area (TPSA) is 50.7 Å². The molecule has 1 unspecified atom stereocenters. The van der Waals surface area contributed by atoms with Gasteiger partial charge in [0.1, 0.15) is 0 Å². The Bertz CT molecular complexity index is 148. The average Bonchev–Trinajstić information content (AvgIpc) is 2.33. The van der Waals surface area contributed by atoms with Crippen LogP contribution >= 0.6 is 0 Å². The lowest BCUT2D eigenvalue weighted by Crippen LogP contribution is -2.17. The summed E-state index contributed by atoms with van der Waals surface area (Å²) in [6, 6.07) is 0. The van der Waals surface area contributed by atoms with Gasteiger partial charge < -0.3 is 5.73 Å². The van der Waals surface area contributed by atoms with E-state index in [1.807, 2.05) is 6.08 Å². The summed E-state index contributed by atoms with van der Waals surface area (Å²) in [4.78, 5) is 0. The fourth-order valence-corrected chi connectivity index (χ4v) is 0.986. The minimum Gasteiger partial charge on any atom is -0.330 e. The van der Waals surface area contributed by atoms with Crippen LogP contribution in [0.2, 0.25) is 0 Å². The normalized spacial score (nSPS) is 29.8. The van der Waals surface area contributed by atoms with Gasteiger partial charge >= 0.3 is 0 Å². The predicted molar refractivity (Wildman–Crippen MR) is 40.7 cm³/mol. The Balaban J connectivity index is 2.38. The van der Waals surface area contributed by atoms with Gasteiger partial charge in [0, 0.05) is 6.20 Å². The number of rotatable bonds is 3. The van der Waals surface area contributed by atoms with Crippen molar-refractivity contribution in [2.45, 2.75) is 25.3 Å². The van der Waals surface area contributed by atoms with E-state index in [2.05, 4.69) is 17.2 Å². The van der Waals surface area contributed by atoms with Gasteiger partial charge in [0.15, 0.2) is 0 Å². The molecule has 0 saturated heterocycles. The van der Waals surface area contributed by atoms with Crippen LogP contribution in [0.4, 0.5) is 0 Å². The van der Waals surface area contributed by atoms with Gasteiger partial charge in [-0.15, -0.1) is 0 Å². The molecule has 0 spiro atoms. The summed E-state index contributed by atoms with van der Waals surface area (Å²) in [5, 5.41) is 7.86. The molecular weight excluding hydrogens is 126 g/mol. The standard InChI is InChI=1S/C7H13N3/c1-7(3-2-5-8)4-6-9-10-7/h4,6H,2-3,5,8H2,1H3. The van der Waals surface area contributed by atoms with E-state index < -0.39 is 0 Å². The molecule has 1 aliphatic heterocycles. The lowest BCUT2D eigenvalue weighted by Gasteiger charge is -2.14. The zero-order valence-corrected chi connectivity index (χ0v) is 6.25. The van der Waals surface area contributed by atoms with Crippen LogP contribution < -0.4 is 5.73 Å². The first kappa shape index (κ1) is 7.41. The molecule has 1 rings (SSSR count). The van der Waals surface area contributed by atoms with Crippen molar-refractivity contribution in [1.29, 1.82) is 0 Å². The summed E-state index contributed by atoms with van der Waals surface area (Å²) in [7, 11) is 0. The van der Waals surface area contributed by atoms with E-state index in [0.29, 0.717) is 0 Å². The van der Waals surface area contributed by atoms with Crippen molar-refractivity contribution in [3.05, 3.63) is 12.3 Å². The van der Waals surface area contributed by atoms with E-state index in [4.69, 9.17) is 5.73 Å². The smallest absolute Gasteiger partial charge is 0.0990 e. The first-order valence-corrected chi connectivity index (χ1v) is 3.57. The number of nitrogens with two attached hydrogens (primary N) is 1. The summed E-state index contributed by atoms with van der Waals surface area (Å²) in [5.74, 6) is 0. The highest BCUT2D eigenvalue weighted by atomic mass is 15.2. The Morgan fingerprint density at radius 2 is 2.40 bits per heavy atom. The summed E-state index contributed by atoms with van der Waals surface area (Å²) < 4.78 is 0. The molecule has 1 heterocycles. The number of hydrogen-bond donors (Lipinski definition) is 1. The molecule has 3 nitrogen and oxygen atoms in total. The molecule has 0 aromatic carbocycles. The molecule has 2 N–H and O–H groups in total. The van der Waals surface area contributed by atoms with Crippen molar-refractivity contribution in [2.24, 2.45) is 16.0 Å². The Morgan fingerprint density at radius 1 is 1.60 bits per heavy atom. The Kier molecular flexibility index (Phi) is 2.17. The Labute approximate surface area is 61.0 Å². The van der Waals surface area contributed by atoms with E-state index in [0.717, 1.165) is 19.4 Å². The van der Waals surface area contributed by atoms with Crippen LogP contribution in [0.25, 0.3) is 0 Å². The van der Waals surface area contributed by atoms with E-state index in [-0.39, 0.29) is 5.54 Å². The zero-order valence-electron chi connectivity index (χ0n) is 6.25. The molecule has 0 aliphatic carbocycles. The van der Waals surface area contributed by atoms with Crippen LogP contribution in [0, 0.1) is 0 Å². The third-order valence-corrected chi connectivity index (χ3v) is 1.67. The van der Waals surface area contributed by atoms with Crippen LogP contribution in [0.1, 0.15) is 19.8 Å². The fraction of sp³-hybridized carbons (Fsp3) is 0.714. The van der Waals surface area contributed by atoms with Crippen LogP contribution in [0.5, 0.6) is 0 Å². The first-order valence-electron chi connectivity index (χ1n) is 3.57. The summed E-state index contributed by atoms with van der Waals surface area (Å²) in [5.41, 5.74) is 5.31. The van der Waals surface area contributed by atoms with Crippen LogP contribution in [-0.2, 0) is 0 Å². The lowest BCUT2D eigenvalue weighted by molar-refractivity contribution is 0.511. The van der Waals surface area contributed by atoms with E-state index in [1.165, 1.54) is 0 Å².